The van der Waals surface area contributed by atoms with E-state index in [-0.39, 0.29) is 11.6 Å². The third-order valence-electron chi connectivity index (χ3n) is 4.28. The van der Waals surface area contributed by atoms with Crippen LogP contribution in [-0.4, -0.2) is 9.97 Å². The quantitative estimate of drug-likeness (QED) is 0.910. The van der Waals surface area contributed by atoms with E-state index >= 15 is 0 Å². The van der Waals surface area contributed by atoms with E-state index < -0.39 is 0 Å². The Morgan fingerprint density at radius 1 is 1.33 bits per heavy atom. The van der Waals surface area contributed by atoms with Crippen molar-refractivity contribution in [1.82, 2.24) is 15.3 Å². The lowest BCUT2D eigenvalue weighted by molar-refractivity contribution is 0.459. The van der Waals surface area contributed by atoms with Crippen molar-refractivity contribution in [1.29, 1.82) is 0 Å². The zero-order chi connectivity index (χ0) is 15.0. The highest BCUT2D eigenvalue weighted by Gasteiger charge is 2.25. The highest BCUT2D eigenvalue weighted by molar-refractivity contribution is 5.34. The van der Waals surface area contributed by atoms with Gasteiger partial charge < -0.3 is 10.3 Å². The SMILES string of the molecule is Cc1nc(C)c(C(C)NC2CCc3ccccc32)c(=O)[nH]1. The van der Waals surface area contributed by atoms with E-state index in [4.69, 9.17) is 0 Å². The molecule has 0 radical (unpaired) electrons. The summed E-state index contributed by atoms with van der Waals surface area (Å²) in [5, 5.41) is 3.59. The first-order valence-electron chi connectivity index (χ1n) is 7.47. The smallest absolute Gasteiger partial charge is 0.255 e. The predicted molar refractivity (Wildman–Crippen MR) is 83.4 cm³/mol. The number of fused-ring (bicyclic) bond motifs is 1. The fourth-order valence-electron chi connectivity index (χ4n) is 3.36. The number of H-pyrrole nitrogens is 1. The summed E-state index contributed by atoms with van der Waals surface area (Å²) in [6, 6.07) is 8.83. The van der Waals surface area contributed by atoms with Crippen LogP contribution in [0.25, 0.3) is 0 Å². The normalized spacial score (nSPS) is 18.5. The molecule has 1 aromatic heterocycles. The lowest BCUT2D eigenvalue weighted by Gasteiger charge is -2.21. The molecule has 0 saturated carbocycles. The maximum atomic E-state index is 12.2. The van der Waals surface area contributed by atoms with Crippen molar-refractivity contribution in [2.24, 2.45) is 0 Å². The molecule has 0 saturated heterocycles. The average molecular weight is 283 g/mol. The van der Waals surface area contributed by atoms with Gasteiger partial charge in [0.1, 0.15) is 5.82 Å². The van der Waals surface area contributed by atoms with Crippen LogP contribution in [0.2, 0.25) is 0 Å². The van der Waals surface area contributed by atoms with Crippen molar-refractivity contribution in [3.63, 3.8) is 0 Å². The van der Waals surface area contributed by atoms with Crippen molar-refractivity contribution in [2.75, 3.05) is 0 Å². The second-order valence-electron chi connectivity index (χ2n) is 5.83. The first-order valence-corrected chi connectivity index (χ1v) is 7.47. The molecule has 0 amide bonds. The van der Waals surface area contributed by atoms with Gasteiger partial charge in [-0.2, -0.15) is 0 Å². The third kappa shape index (κ3) is 2.63. The second kappa shape index (κ2) is 5.45. The monoisotopic (exact) mass is 283 g/mol. The number of nitrogens with one attached hydrogen (secondary N) is 2. The summed E-state index contributed by atoms with van der Waals surface area (Å²) < 4.78 is 0. The molecule has 1 aliphatic carbocycles. The number of aryl methyl sites for hydroxylation is 3. The number of benzene rings is 1. The zero-order valence-corrected chi connectivity index (χ0v) is 12.7. The first-order chi connectivity index (χ1) is 10.1. The molecular weight excluding hydrogens is 262 g/mol. The Bertz CT molecular complexity index is 720. The van der Waals surface area contributed by atoms with Crippen LogP contribution in [0.3, 0.4) is 0 Å². The molecule has 0 aliphatic heterocycles. The van der Waals surface area contributed by atoms with Crippen molar-refractivity contribution in [3.8, 4) is 0 Å². The molecule has 0 fully saturated rings. The number of rotatable bonds is 3. The minimum absolute atomic E-state index is 0.0157. The van der Waals surface area contributed by atoms with Gasteiger partial charge in [0.15, 0.2) is 0 Å². The Kier molecular flexibility index (Phi) is 3.64. The summed E-state index contributed by atoms with van der Waals surface area (Å²) in [5.41, 5.74) is 4.28. The maximum absolute atomic E-state index is 12.2. The molecule has 2 N–H and O–H groups in total. The molecule has 2 unspecified atom stereocenters. The molecule has 4 heteroatoms. The molecule has 2 aromatic rings. The molecule has 1 aromatic carbocycles. The van der Waals surface area contributed by atoms with Crippen molar-refractivity contribution < 1.29 is 0 Å². The van der Waals surface area contributed by atoms with Crippen molar-refractivity contribution in [2.45, 2.75) is 45.7 Å². The van der Waals surface area contributed by atoms with Gasteiger partial charge in [0, 0.05) is 17.8 Å². The van der Waals surface area contributed by atoms with Gasteiger partial charge in [-0.15, -0.1) is 0 Å². The minimum Gasteiger partial charge on any atom is -0.310 e. The lowest BCUT2D eigenvalue weighted by Crippen LogP contribution is -2.30. The third-order valence-corrected chi connectivity index (χ3v) is 4.28. The number of aromatic amines is 1. The van der Waals surface area contributed by atoms with E-state index in [1.54, 1.807) is 0 Å². The summed E-state index contributed by atoms with van der Waals surface area (Å²) in [7, 11) is 0. The van der Waals surface area contributed by atoms with Gasteiger partial charge in [-0.05, 0) is 44.7 Å². The highest BCUT2D eigenvalue weighted by atomic mass is 16.1. The van der Waals surface area contributed by atoms with Gasteiger partial charge in [0.25, 0.3) is 5.56 Å². The summed E-state index contributed by atoms with van der Waals surface area (Å²) in [4.78, 5) is 19.4. The van der Waals surface area contributed by atoms with Crippen LogP contribution in [0.5, 0.6) is 0 Å². The van der Waals surface area contributed by atoms with E-state index in [0.29, 0.717) is 11.9 Å². The van der Waals surface area contributed by atoms with Gasteiger partial charge in [-0.1, -0.05) is 24.3 Å². The zero-order valence-electron chi connectivity index (χ0n) is 12.7. The molecule has 4 nitrogen and oxygen atoms in total. The van der Waals surface area contributed by atoms with Crippen LogP contribution >= 0.6 is 0 Å². The second-order valence-corrected chi connectivity index (χ2v) is 5.83. The minimum atomic E-state index is -0.0358. The van der Waals surface area contributed by atoms with E-state index in [2.05, 4.69) is 39.6 Å². The van der Waals surface area contributed by atoms with Crippen LogP contribution in [0.4, 0.5) is 0 Å². The molecular formula is C17H21N3O. The fraction of sp³-hybridized carbons (Fsp3) is 0.412. The van der Waals surface area contributed by atoms with E-state index in [9.17, 15) is 4.79 Å². The van der Waals surface area contributed by atoms with Gasteiger partial charge in [0.05, 0.1) is 5.56 Å². The average Bonchev–Trinajstić information content (AvgIpc) is 2.81. The van der Waals surface area contributed by atoms with Gasteiger partial charge >= 0.3 is 0 Å². The topological polar surface area (TPSA) is 57.8 Å². The Labute approximate surface area is 124 Å². The molecule has 3 rings (SSSR count). The Hall–Kier alpha value is -1.94. The van der Waals surface area contributed by atoms with Crippen LogP contribution < -0.4 is 10.9 Å². The Balaban J connectivity index is 1.85. The van der Waals surface area contributed by atoms with E-state index in [1.165, 1.54) is 11.1 Å². The molecule has 2 atom stereocenters. The number of aromatic nitrogens is 2. The van der Waals surface area contributed by atoms with Crippen LogP contribution in [0, 0.1) is 13.8 Å². The molecule has 1 aliphatic rings. The fourth-order valence-corrected chi connectivity index (χ4v) is 3.36. The van der Waals surface area contributed by atoms with Crippen molar-refractivity contribution >= 4 is 0 Å². The Morgan fingerprint density at radius 3 is 2.86 bits per heavy atom. The van der Waals surface area contributed by atoms with Crippen LogP contribution in [0.1, 0.15) is 53.6 Å². The van der Waals surface area contributed by atoms with Gasteiger partial charge in [-0.3, -0.25) is 4.79 Å². The van der Waals surface area contributed by atoms with Crippen molar-refractivity contribution in [3.05, 3.63) is 62.8 Å². The summed E-state index contributed by atoms with van der Waals surface area (Å²) >= 11 is 0. The highest BCUT2D eigenvalue weighted by Crippen LogP contribution is 2.32. The van der Waals surface area contributed by atoms with Gasteiger partial charge in [-0.25, -0.2) is 4.98 Å². The Morgan fingerprint density at radius 2 is 2.10 bits per heavy atom. The number of hydrogen-bond acceptors (Lipinski definition) is 3. The molecule has 110 valence electrons. The van der Waals surface area contributed by atoms with Crippen LogP contribution in [-0.2, 0) is 6.42 Å². The first kappa shape index (κ1) is 14.0. The summed E-state index contributed by atoms with van der Waals surface area (Å²) in [6.07, 6.45) is 2.18. The lowest BCUT2D eigenvalue weighted by atomic mass is 10.0. The molecule has 0 bridgehead atoms. The van der Waals surface area contributed by atoms with Crippen LogP contribution in [0.15, 0.2) is 29.1 Å². The summed E-state index contributed by atoms with van der Waals surface area (Å²) in [6.45, 7) is 5.75. The maximum Gasteiger partial charge on any atom is 0.255 e. The van der Waals surface area contributed by atoms with E-state index in [0.717, 1.165) is 24.1 Å². The molecule has 0 spiro atoms. The predicted octanol–water partition coefficient (Wildman–Crippen LogP) is 2.72. The number of nitrogens with zero attached hydrogens (tertiary/aromatic N) is 1. The molecule has 21 heavy (non-hydrogen) atoms. The van der Waals surface area contributed by atoms with E-state index in [1.807, 2.05) is 20.8 Å². The summed E-state index contributed by atoms with van der Waals surface area (Å²) in [5.74, 6) is 0.666. The largest absolute Gasteiger partial charge is 0.310 e. The number of hydrogen-bond donors (Lipinski definition) is 2. The standard InChI is InChI=1S/C17H21N3O/c1-10-16(17(21)20-12(3)18-10)11(2)19-15-9-8-13-6-4-5-7-14(13)15/h4-7,11,15,19H,8-9H2,1-3H3,(H,18,20,21). The molecule has 1 heterocycles. The van der Waals surface area contributed by atoms with Gasteiger partial charge in [0.2, 0.25) is 0 Å².